The Kier molecular flexibility index (Phi) is 5.76. The van der Waals surface area contributed by atoms with Crippen molar-refractivity contribution in [2.24, 2.45) is 0 Å². The highest BCUT2D eigenvalue weighted by atomic mass is 32.1. The largest absolute Gasteiger partial charge is 0.497 e. The van der Waals surface area contributed by atoms with Gasteiger partial charge in [0.25, 0.3) is 0 Å². The number of carbonyl (C=O) groups excluding carboxylic acids is 1. The molecule has 1 aromatic carbocycles. The number of anilines is 1. The lowest BCUT2D eigenvalue weighted by atomic mass is 10.0. The minimum atomic E-state index is -0.325. The number of nitrogens with one attached hydrogen (secondary N) is 1. The SMILES string of the molecule is CCOC(=O)c1c(-c2ccc(OC)cc2)csc1NC=[N+](C)C. The molecule has 0 fully saturated rings. The first kappa shape index (κ1) is 17.0. The number of nitrogens with zero attached hydrogens (tertiary/aromatic N) is 1. The van der Waals surface area contributed by atoms with Crippen LogP contribution in [0, 0.1) is 0 Å². The molecule has 2 rings (SSSR count). The van der Waals surface area contributed by atoms with Crippen LogP contribution in [0.1, 0.15) is 17.3 Å². The second-order valence-corrected chi connectivity index (χ2v) is 5.92. The van der Waals surface area contributed by atoms with E-state index in [4.69, 9.17) is 9.47 Å². The molecule has 0 bridgehead atoms. The van der Waals surface area contributed by atoms with E-state index in [1.54, 1.807) is 20.4 Å². The number of benzene rings is 1. The number of ether oxygens (including phenoxy) is 2. The van der Waals surface area contributed by atoms with E-state index in [1.165, 1.54) is 11.3 Å². The molecule has 1 N–H and O–H groups in total. The lowest BCUT2D eigenvalue weighted by molar-refractivity contribution is -0.459. The number of rotatable bonds is 6. The fraction of sp³-hybridized carbons (Fsp3) is 0.294. The first-order chi connectivity index (χ1) is 11.1. The smallest absolute Gasteiger partial charge is 0.344 e. The van der Waals surface area contributed by atoms with Crippen molar-refractivity contribution in [3.8, 4) is 16.9 Å². The molecule has 2 aromatic rings. The van der Waals surface area contributed by atoms with Crippen LogP contribution in [0.3, 0.4) is 0 Å². The van der Waals surface area contributed by atoms with Crippen molar-refractivity contribution >= 4 is 28.6 Å². The third-order valence-electron chi connectivity index (χ3n) is 3.13. The first-order valence-corrected chi connectivity index (χ1v) is 8.14. The van der Waals surface area contributed by atoms with Gasteiger partial charge in [-0.25, -0.2) is 10.1 Å². The lowest BCUT2D eigenvalue weighted by Crippen LogP contribution is -2.11. The van der Waals surface area contributed by atoms with Crippen LogP contribution in [-0.4, -0.2) is 44.7 Å². The molecule has 0 spiro atoms. The van der Waals surface area contributed by atoms with Gasteiger partial charge in [0.15, 0.2) is 5.00 Å². The van der Waals surface area contributed by atoms with Crippen molar-refractivity contribution < 1.29 is 18.8 Å². The maximum absolute atomic E-state index is 12.4. The number of carbonyl (C=O) groups is 1. The summed E-state index contributed by atoms with van der Waals surface area (Å²) in [4.78, 5) is 12.4. The van der Waals surface area contributed by atoms with E-state index in [0.29, 0.717) is 12.2 Å². The fourth-order valence-corrected chi connectivity index (χ4v) is 2.96. The number of hydrogen-bond acceptors (Lipinski definition) is 4. The van der Waals surface area contributed by atoms with Crippen LogP contribution in [0.4, 0.5) is 5.00 Å². The standard InChI is InChI=1S/C17H20N2O3S/c1-5-22-17(20)15-14(10-23-16(15)18-11-19(2)3)12-6-8-13(21-4)9-7-12/h6-11H,5H2,1-4H3/p+1. The molecule has 0 aliphatic rings. The van der Waals surface area contributed by atoms with Crippen molar-refractivity contribution in [1.82, 2.24) is 0 Å². The van der Waals surface area contributed by atoms with Crippen LogP contribution in [0.2, 0.25) is 0 Å². The second kappa shape index (κ2) is 7.78. The van der Waals surface area contributed by atoms with Crippen molar-refractivity contribution in [3.63, 3.8) is 0 Å². The van der Waals surface area contributed by atoms with E-state index in [0.717, 1.165) is 21.9 Å². The molecule has 0 radical (unpaired) electrons. The maximum atomic E-state index is 12.4. The fourth-order valence-electron chi connectivity index (χ4n) is 2.04. The van der Waals surface area contributed by atoms with Gasteiger partial charge in [-0.1, -0.05) is 12.1 Å². The Labute approximate surface area is 140 Å². The van der Waals surface area contributed by atoms with Crippen LogP contribution >= 0.6 is 11.3 Å². The average Bonchev–Trinajstić information content (AvgIpc) is 2.97. The van der Waals surface area contributed by atoms with E-state index in [2.05, 4.69) is 5.32 Å². The molecular weight excluding hydrogens is 312 g/mol. The molecular formula is C17H21N2O3S+. The Hall–Kier alpha value is -2.34. The van der Waals surface area contributed by atoms with Gasteiger partial charge in [0.05, 0.1) is 27.8 Å². The Bertz CT molecular complexity index is 701. The molecule has 122 valence electrons. The molecule has 1 heterocycles. The zero-order valence-corrected chi connectivity index (χ0v) is 14.6. The van der Waals surface area contributed by atoms with Gasteiger partial charge in [0.2, 0.25) is 6.34 Å². The predicted octanol–water partition coefficient (Wildman–Crippen LogP) is 3.31. The van der Waals surface area contributed by atoms with E-state index < -0.39 is 0 Å². The number of thiophene rings is 1. The summed E-state index contributed by atoms with van der Waals surface area (Å²) in [5.41, 5.74) is 2.36. The van der Waals surface area contributed by atoms with Crippen molar-refractivity contribution in [2.75, 3.05) is 33.1 Å². The van der Waals surface area contributed by atoms with Crippen LogP contribution in [0.5, 0.6) is 5.75 Å². The number of esters is 1. The summed E-state index contributed by atoms with van der Waals surface area (Å²) in [7, 11) is 5.45. The zero-order valence-electron chi connectivity index (χ0n) is 13.8. The highest BCUT2D eigenvalue weighted by Crippen LogP contribution is 2.36. The zero-order chi connectivity index (χ0) is 16.8. The molecule has 0 saturated carbocycles. The summed E-state index contributed by atoms with van der Waals surface area (Å²) in [5.74, 6) is 0.454. The van der Waals surface area contributed by atoms with Gasteiger partial charge < -0.3 is 9.47 Å². The van der Waals surface area contributed by atoms with Gasteiger partial charge in [-0.05, 0) is 24.6 Å². The van der Waals surface area contributed by atoms with Gasteiger partial charge in [-0.3, -0.25) is 4.58 Å². The molecule has 23 heavy (non-hydrogen) atoms. The first-order valence-electron chi connectivity index (χ1n) is 7.26. The summed E-state index contributed by atoms with van der Waals surface area (Å²) in [6.45, 7) is 2.14. The van der Waals surface area contributed by atoms with Crippen molar-refractivity contribution in [2.45, 2.75) is 6.92 Å². The number of hydrogen-bond donors (Lipinski definition) is 1. The lowest BCUT2D eigenvalue weighted by Gasteiger charge is -2.06. The van der Waals surface area contributed by atoms with Crippen molar-refractivity contribution in [1.29, 1.82) is 0 Å². The Morgan fingerprint density at radius 3 is 2.57 bits per heavy atom. The van der Waals surface area contributed by atoms with Gasteiger partial charge in [0, 0.05) is 10.9 Å². The molecule has 0 aliphatic carbocycles. The Balaban J connectivity index is 2.45. The quantitative estimate of drug-likeness (QED) is 0.381. The van der Waals surface area contributed by atoms with Gasteiger partial charge in [-0.15, -0.1) is 11.3 Å². The number of methoxy groups -OCH3 is 1. The summed E-state index contributed by atoms with van der Waals surface area (Å²) in [5, 5.41) is 5.88. The highest BCUT2D eigenvalue weighted by Gasteiger charge is 2.23. The molecule has 6 heteroatoms. The van der Waals surface area contributed by atoms with Crippen LogP contribution < -0.4 is 10.1 Å². The third kappa shape index (κ3) is 4.10. The predicted molar refractivity (Wildman–Crippen MR) is 94.1 cm³/mol. The van der Waals surface area contributed by atoms with Gasteiger partial charge in [-0.2, -0.15) is 0 Å². The van der Waals surface area contributed by atoms with E-state index in [9.17, 15) is 4.79 Å². The van der Waals surface area contributed by atoms with Crippen LogP contribution in [0.15, 0.2) is 29.6 Å². The average molecular weight is 333 g/mol. The molecule has 1 aromatic heterocycles. The van der Waals surface area contributed by atoms with Gasteiger partial charge >= 0.3 is 5.97 Å². The van der Waals surface area contributed by atoms with Gasteiger partial charge in [0.1, 0.15) is 11.3 Å². The topological polar surface area (TPSA) is 50.6 Å². The van der Waals surface area contributed by atoms with E-state index >= 15 is 0 Å². The van der Waals surface area contributed by atoms with Crippen molar-refractivity contribution in [3.05, 3.63) is 35.2 Å². The molecule has 0 atom stereocenters. The molecule has 0 amide bonds. The van der Waals surface area contributed by atoms with E-state index in [-0.39, 0.29) is 5.97 Å². The Morgan fingerprint density at radius 1 is 1.30 bits per heavy atom. The molecule has 0 unspecified atom stereocenters. The summed E-state index contributed by atoms with van der Waals surface area (Å²) < 4.78 is 12.3. The highest BCUT2D eigenvalue weighted by molar-refractivity contribution is 7.15. The second-order valence-electron chi connectivity index (χ2n) is 5.04. The summed E-state index contributed by atoms with van der Waals surface area (Å²) in [6, 6.07) is 7.62. The molecule has 5 nitrogen and oxygen atoms in total. The summed E-state index contributed by atoms with van der Waals surface area (Å²) in [6.07, 6.45) is 1.80. The Morgan fingerprint density at radius 2 is 2.00 bits per heavy atom. The summed E-state index contributed by atoms with van der Waals surface area (Å²) >= 11 is 1.48. The third-order valence-corrected chi connectivity index (χ3v) is 4.04. The molecule has 0 saturated heterocycles. The van der Waals surface area contributed by atoms with E-state index in [1.807, 2.05) is 48.3 Å². The molecule has 0 aliphatic heterocycles. The minimum Gasteiger partial charge on any atom is -0.497 e. The normalized spacial score (nSPS) is 10.1. The van der Waals surface area contributed by atoms with Crippen LogP contribution in [-0.2, 0) is 4.74 Å². The maximum Gasteiger partial charge on any atom is 0.344 e. The van der Waals surface area contributed by atoms with Crippen LogP contribution in [0.25, 0.3) is 11.1 Å². The monoisotopic (exact) mass is 333 g/mol. The minimum absolute atomic E-state index is 0.325.